The van der Waals surface area contributed by atoms with Gasteiger partial charge in [0.1, 0.15) is 0 Å². The van der Waals surface area contributed by atoms with Crippen LogP contribution in [0.4, 0.5) is 4.39 Å². The van der Waals surface area contributed by atoms with Crippen LogP contribution < -0.4 is 4.74 Å². The molecule has 4 heteroatoms. The molecule has 1 saturated carbocycles. The molecule has 0 radical (unpaired) electrons. The number of rotatable bonds is 6. The zero-order chi connectivity index (χ0) is 13.9. The zero-order valence-corrected chi connectivity index (χ0v) is 11.5. The van der Waals surface area contributed by atoms with Crippen LogP contribution in [0.2, 0.25) is 0 Å². The van der Waals surface area contributed by atoms with E-state index in [1.54, 1.807) is 25.3 Å². The average molecular weight is 268 g/mol. The minimum Gasteiger partial charge on any atom is -0.494 e. The molecule has 1 aromatic rings. The second-order valence-electron chi connectivity index (χ2n) is 5.24. The Kier molecular flexibility index (Phi) is 4.42. The molecule has 0 aliphatic heterocycles. The van der Waals surface area contributed by atoms with Gasteiger partial charge in [0.05, 0.1) is 18.8 Å². The Morgan fingerprint density at radius 2 is 2.11 bits per heavy atom. The summed E-state index contributed by atoms with van der Waals surface area (Å²) in [6.07, 6.45) is 3.33. The normalized spacial score (nSPS) is 18.7. The predicted octanol–water partition coefficient (Wildman–Crippen LogP) is 2.70. The standard InChI is InChI=1S/C15H21FO3/c1-18-13-6-3-5-11(14(13)16)9-12(17)10-15(19-2)7-4-8-15/h3,5-6,12,17H,4,7-10H2,1-2H3. The quantitative estimate of drug-likeness (QED) is 0.862. The van der Waals surface area contributed by atoms with Gasteiger partial charge in [-0.1, -0.05) is 12.1 Å². The number of halogens is 1. The molecule has 1 unspecified atom stereocenters. The van der Waals surface area contributed by atoms with Crippen molar-refractivity contribution >= 4 is 0 Å². The van der Waals surface area contributed by atoms with Gasteiger partial charge in [-0.05, 0) is 30.9 Å². The molecule has 106 valence electrons. The van der Waals surface area contributed by atoms with Crippen LogP contribution in [0.1, 0.15) is 31.2 Å². The van der Waals surface area contributed by atoms with Gasteiger partial charge in [0.25, 0.3) is 0 Å². The van der Waals surface area contributed by atoms with E-state index < -0.39 is 6.10 Å². The third-order valence-corrected chi connectivity index (χ3v) is 4.02. The molecular weight excluding hydrogens is 247 g/mol. The van der Waals surface area contributed by atoms with Crippen molar-refractivity contribution in [3.63, 3.8) is 0 Å². The van der Waals surface area contributed by atoms with Crippen molar-refractivity contribution in [1.82, 2.24) is 0 Å². The lowest BCUT2D eigenvalue weighted by molar-refractivity contribution is -0.0989. The number of ether oxygens (including phenoxy) is 2. The maximum atomic E-state index is 14.0. The van der Waals surface area contributed by atoms with Crippen molar-refractivity contribution in [1.29, 1.82) is 0 Å². The molecule has 1 aliphatic carbocycles. The summed E-state index contributed by atoms with van der Waals surface area (Å²) in [5.41, 5.74) is 0.284. The van der Waals surface area contributed by atoms with Gasteiger partial charge in [0.2, 0.25) is 0 Å². The first-order chi connectivity index (χ1) is 9.10. The van der Waals surface area contributed by atoms with Crippen LogP contribution in [0.5, 0.6) is 5.75 Å². The molecule has 0 aromatic heterocycles. The fraction of sp³-hybridized carbons (Fsp3) is 0.600. The molecule has 0 heterocycles. The minimum absolute atomic E-state index is 0.200. The van der Waals surface area contributed by atoms with Gasteiger partial charge in [-0.25, -0.2) is 4.39 Å². The van der Waals surface area contributed by atoms with Gasteiger partial charge in [0.15, 0.2) is 11.6 Å². The van der Waals surface area contributed by atoms with Crippen LogP contribution in [-0.2, 0) is 11.2 Å². The minimum atomic E-state index is -0.596. The fourth-order valence-corrected chi connectivity index (χ4v) is 2.69. The molecule has 3 nitrogen and oxygen atoms in total. The maximum Gasteiger partial charge on any atom is 0.168 e. The van der Waals surface area contributed by atoms with E-state index in [1.807, 2.05) is 0 Å². The SMILES string of the molecule is COc1cccc(CC(O)CC2(OC)CCC2)c1F. The van der Waals surface area contributed by atoms with E-state index >= 15 is 0 Å². The van der Waals surface area contributed by atoms with Crippen molar-refractivity contribution < 1.29 is 19.0 Å². The first kappa shape index (κ1) is 14.3. The van der Waals surface area contributed by atoms with Gasteiger partial charge >= 0.3 is 0 Å². The average Bonchev–Trinajstić information content (AvgIpc) is 2.36. The molecular formula is C15H21FO3. The molecule has 1 aromatic carbocycles. The number of hydrogen-bond acceptors (Lipinski definition) is 3. The highest BCUT2D eigenvalue weighted by Gasteiger charge is 2.38. The second-order valence-corrected chi connectivity index (χ2v) is 5.24. The lowest BCUT2D eigenvalue weighted by Gasteiger charge is -2.41. The molecule has 1 N–H and O–H groups in total. The third-order valence-electron chi connectivity index (χ3n) is 4.02. The van der Waals surface area contributed by atoms with Crippen LogP contribution in [0.25, 0.3) is 0 Å². The number of hydrogen-bond donors (Lipinski definition) is 1. The van der Waals surface area contributed by atoms with Crippen molar-refractivity contribution in [2.45, 2.75) is 43.8 Å². The Morgan fingerprint density at radius 3 is 2.63 bits per heavy atom. The van der Waals surface area contributed by atoms with Crippen molar-refractivity contribution in [2.24, 2.45) is 0 Å². The van der Waals surface area contributed by atoms with Crippen LogP contribution in [-0.4, -0.2) is 31.0 Å². The Balaban J connectivity index is 2.00. The molecule has 0 saturated heterocycles. The number of benzene rings is 1. The number of methoxy groups -OCH3 is 2. The molecule has 1 atom stereocenters. The smallest absolute Gasteiger partial charge is 0.168 e. The molecule has 0 spiro atoms. The Hall–Kier alpha value is -1.13. The van der Waals surface area contributed by atoms with Gasteiger partial charge in [0, 0.05) is 20.0 Å². The van der Waals surface area contributed by atoms with E-state index in [0.717, 1.165) is 19.3 Å². The molecule has 1 aliphatic rings. The first-order valence-electron chi connectivity index (χ1n) is 6.65. The highest BCUT2D eigenvalue weighted by Crippen LogP contribution is 2.39. The van der Waals surface area contributed by atoms with Crippen LogP contribution in [0, 0.1) is 5.82 Å². The Bertz CT molecular complexity index is 424. The summed E-state index contributed by atoms with van der Waals surface area (Å²) in [5.74, 6) is -0.168. The van der Waals surface area contributed by atoms with Crippen molar-refractivity contribution in [3.8, 4) is 5.75 Å². The predicted molar refractivity (Wildman–Crippen MR) is 70.9 cm³/mol. The summed E-state index contributed by atoms with van der Waals surface area (Å²) in [4.78, 5) is 0. The largest absolute Gasteiger partial charge is 0.494 e. The van der Waals surface area contributed by atoms with Gasteiger partial charge in [-0.15, -0.1) is 0 Å². The van der Waals surface area contributed by atoms with Crippen LogP contribution in [0.3, 0.4) is 0 Å². The number of aliphatic hydroxyl groups is 1. The van der Waals surface area contributed by atoms with Crippen molar-refractivity contribution in [3.05, 3.63) is 29.6 Å². The van der Waals surface area contributed by atoms with E-state index in [9.17, 15) is 9.50 Å². The first-order valence-corrected chi connectivity index (χ1v) is 6.65. The van der Waals surface area contributed by atoms with E-state index in [0.29, 0.717) is 12.0 Å². The Labute approximate surface area is 113 Å². The highest BCUT2D eigenvalue weighted by atomic mass is 19.1. The lowest BCUT2D eigenvalue weighted by atomic mass is 9.75. The van der Waals surface area contributed by atoms with Crippen molar-refractivity contribution in [2.75, 3.05) is 14.2 Å². The van der Waals surface area contributed by atoms with Gasteiger partial charge in [-0.3, -0.25) is 0 Å². The van der Waals surface area contributed by atoms with Crippen LogP contribution >= 0.6 is 0 Å². The molecule has 0 bridgehead atoms. The molecule has 19 heavy (non-hydrogen) atoms. The topological polar surface area (TPSA) is 38.7 Å². The summed E-state index contributed by atoms with van der Waals surface area (Å²) in [6, 6.07) is 4.99. The highest BCUT2D eigenvalue weighted by molar-refractivity contribution is 5.31. The third kappa shape index (κ3) is 3.07. The monoisotopic (exact) mass is 268 g/mol. The van der Waals surface area contributed by atoms with E-state index in [-0.39, 0.29) is 23.6 Å². The van der Waals surface area contributed by atoms with Gasteiger partial charge in [-0.2, -0.15) is 0 Å². The summed E-state index contributed by atoms with van der Waals surface area (Å²) in [7, 11) is 3.12. The van der Waals surface area contributed by atoms with E-state index in [2.05, 4.69) is 0 Å². The molecule has 2 rings (SSSR count). The maximum absolute atomic E-state index is 14.0. The number of aliphatic hydroxyl groups excluding tert-OH is 1. The van der Waals surface area contributed by atoms with E-state index in [4.69, 9.17) is 9.47 Å². The van der Waals surface area contributed by atoms with E-state index in [1.165, 1.54) is 7.11 Å². The second kappa shape index (κ2) is 5.88. The summed E-state index contributed by atoms with van der Waals surface area (Å²) in [6.45, 7) is 0. The molecule has 1 fully saturated rings. The Morgan fingerprint density at radius 1 is 1.37 bits per heavy atom. The fourth-order valence-electron chi connectivity index (χ4n) is 2.69. The lowest BCUT2D eigenvalue weighted by Crippen LogP contribution is -2.42. The zero-order valence-electron chi connectivity index (χ0n) is 11.5. The summed E-state index contributed by atoms with van der Waals surface area (Å²) < 4.78 is 24.4. The summed E-state index contributed by atoms with van der Waals surface area (Å²) in [5, 5.41) is 10.1. The van der Waals surface area contributed by atoms with Gasteiger partial charge < -0.3 is 14.6 Å². The van der Waals surface area contributed by atoms with Crippen LogP contribution in [0.15, 0.2) is 18.2 Å². The molecule has 0 amide bonds. The summed E-state index contributed by atoms with van der Waals surface area (Å²) >= 11 is 0.